The number of piperazine rings is 1. The van der Waals surface area contributed by atoms with Gasteiger partial charge in [-0.1, -0.05) is 43.2 Å². The molecule has 1 aromatic heterocycles. The van der Waals surface area contributed by atoms with Crippen LogP contribution < -0.4 is 5.56 Å². The molecule has 1 unspecified atom stereocenters. The van der Waals surface area contributed by atoms with Gasteiger partial charge >= 0.3 is 18.4 Å². The summed E-state index contributed by atoms with van der Waals surface area (Å²) in [6, 6.07) is 10.1. The van der Waals surface area contributed by atoms with E-state index in [1.165, 1.54) is 21.7 Å². The fourth-order valence-corrected chi connectivity index (χ4v) is 7.94. The van der Waals surface area contributed by atoms with Crippen molar-refractivity contribution in [2.24, 2.45) is 11.3 Å². The summed E-state index contributed by atoms with van der Waals surface area (Å²) in [6.07, 6.45) is -11.3. The molecule has 1 aromatic carbocycles. The highest BCUT2D eigenvalue weighted by Crippen LogP contribution is 2.52. The Bertz CT molecular complexity index is 1690. The number of aliphatic hydroxyl groups is 1. The maximum Gasteiger partial charge on any atom is 0.410 e. The zero-order chi connectivity index (χ0) is 39.0. The highest BCUT2D eigenvalue weighted by atomic mass is 19.4. The summed E-state index contributed by atoms with van der Waals surface area (Å²) in [4.78, 5) is 57.9. The molecular formula is C37H46F6N4O6. The molecule has 10 nitrogen and oxygen atoms in total. The number of carbonyl (C=O) groups excluding carboxylic acids is 3. The number of halogens is 6. The molecule has 53 heavy (non-hydrogen) atoms. The van der Waals surface area contributed by atoms with Gasteiger partial charge in [0.05, 0.1) is 36.5 Å². The number of amides is 3. The van der Waals surface area contributed by atoms with Gasteiger partial charge in [-0.2, -0.15) is 26.3 Å². The van der Waals surface area contributed by atoms with Crippen LogP contribution in [0.25, 0.3) is 11.1 Å². The number of ether oxygens (including phenoxy) is 1. The first-order valence-corrected chi connectivity index (χ1v) is 17.8. The van der Waals surface area contributed by atoms with Crippen molar-refractivity contribution in [3.05, 3.63) is 58.5 Å². The van der Waals surface area contributed by atoms with Crippen LogP contribution >= 0.6 is 0 Å². The van der Waals surface area contributed by atoms with Gasteiger partial charge in [-0.15, -0.1) is 0 Å². The fourth-order valence-electron chi connectivity index (χ4n) is 7.94. The molecule has 3 heterocycles. The number of carbonyl (C=O) groups is 3. The molecule has 16 heteroatoms. The molecule has 3 amide bonds. The minimum absolute atomic E-state index is 0.167. The van der Waals surface area contributed by atoms with E-state index in [4.69, 9.17) is 4.74 Å². The standard InChI is InChI=1S/C37H46F6N4O6/c1-33(2,3)53-32(51)45-17-15-44(16-18-45)31(50)28-22-47(29(48)19-27(28)25-9-5-4-6-10-25)24-35(52)13-14-46(23-34(35)11-7-8-12-34)30(49)26(20-36(38,39)40)21-37(41,42)43/h4-6,9-10,19,22,26,52H,7-8,11-18,20-21,23-24H2,1-3H3. The number of rotatable bonds is 7. The largest absolute Gasteiger partial charge is 0.444 e. The van der Waals surface area contributed by atoms with E-state index in [2.05, 4.69) is 0 Å². The summed E-state index contributed by atoms with van der Waals surface area (Å²) >= 11 is 0. The van der Waals surface area contributed by atoms with Crippen molar-refractivity contribution >= 4 is 17.9 Å². The van der Waals surface area contributed by atoms with Gasteiger partial charge in [-0.25, -0.2) is 4.79 Å². The Labute approximate surface area is 303 Å². The van der Waals surface area contributed by atoms with Crippen LogP contribution in [-0.4, -0.2) is 105 Å². The maximum absolute atomic E-state index is 14.2. The number of hydrogen-bond donors (Lipinski definition) is 1. The highest BCUT2D eigenvalue weighted by molar-refractivity contribution is 6.00. The zero-order valence-electron chi connectivity index (χ0n) is 30.1. The van der Waals surface area contributed by atoms with Gasteiger partial charge in [0, 0.05) is 62.5 Å². The Morgan fingerprint density at radius 3 is 1.94 bits per heavy atom. The number of aromatic nitrogens is 1. The molecule has 1 saturated carbocycles. The second-order valence-electron chi connectivity index (χ2n) is 15.6. The average molecular weight is 757 g/mol. The van der Waals surface area contributed by atoms with Gasteiger partial charge in [0.15, 0.2) is 0 Å². The second kappa shape index (κ2) is 15.0. The smallest absolute Gasteiger partial charge is 0.410 e. The van der Waals surface area contributed by atoms with Crippen LogP contribution in [0.1, 0.15) is 76.1 Å². The molecule has 3 aliphatic rings. The van der Waals surface area contributed by atoms with Gasteiger partial charge in [0.1, 0.15) is 5.60 Å². The average Bonchev–Trinajstić information content (AvgIpc) is 3.54. The number of hydrogen-bond acceptors (Lipinski definition) is 6. The van der Waals surface area contributed by atoms with E-state index in [9.17, 15) is 50.6 Å². The van der Waals surface area contributed by atoms with Crippen molar-refractivity contribution < 1.29 is 50.6 Å². The lowest BCUT2D eigenvalue weighted by molar-refractivity contribution is -0.190. The SMILES string of the molecule is CC(C)(C)OC(=O)N1CCN(C(=O)c2cn(CC3(O)CCN(C(=O)C(CC(F)(F)F)CC(F)(F)F)CC34CCCC4)c(=O)cc2-c2ccccc2)CC1. The minimum atomic E-state index is -5.00. The van der Waals surface area contributed by atoms with E-state index in [0.717, 1.165) is 4.90 Å². The fraction of sp³-hybridized carbons (Fsp3) is 0.622. The van der Waals surface area contributed by atoms with E-state index in [-0.39, 0.29) is 57.8 Å². The highest BCUT2D eigenvalue weighted by Gasteiger charge is 2.56. The first-order valence-electron chi connectivity index (χ1n) is 17.8. The van der Waals surface area contributed by atoms with E-state index < -0.39 is 71.2 Å². The third kappa shape index (κ3) is 9.54. The van der Waals surface area contributed by atoms with Crippen molar-refractivity contribution in [2.45, 2.75) is 95.8 Å². The van der Waals surface area contributed by atoms with E-state index in [0.29, 0.717) is 36.8 Å². The maximum atomic E-state index is 14.2. The van der Waals surface area contributed by atoms with E-state index >= 15 is 0 Å². The van der Waals surface area contributed by atoms with Crippen LogP contribution in [0.4, 0.5) is 31.1 Å². The Morgan fingerprint density at radius 2 is 1.40 bits per heavy atom. The van der Waals surface area contributed by atoms with Crippen molar-refractivity contribution in [3.63, 3.8) is 0 Å². The normalized spacial score (nSPS) is 21.0. The Balaban J connectivity index is 1.42. The van der Waals surface area contributed by atoms with Gasteiger partial charge in [-0.05, 0) is 45.6 Å². The van der Waals surface area contributed by atoms with E-state index in [1.807, 2.05) is 0 Å². The predicted molar refractivity (Wildman–Crippen MR) is 182 cm³/mol. The third-order valence-electron chi connectivity index (χ3n) is 10.5. The van der Waals surface area contributed by atoms with Crippen molar-refractivity contribution in [3.8, 4) is 11.1 Å². The predicted octanol–water partition coefficient (Wildman–Crippen LogP) is 6.25. The number of benzene rings is 1. The van der Waals surface area contributed by atoms with Crippen molar-refractivity contribution in [2.75, 3.05) is 39.3 Å². The third-order valence-corrected chi connectivity index (χ3v) is 10.5. The lowest BCUT2D eigenvalue weighted by Crippen LogP contribution is -2.62. The summed E-state index contributed by atoms with van der Waals surface area (Å²) in [5.41, 5.74) is -2.90. The molecule has 0 bridgehead atoms. The number of nitrogens with zero attached hydrogens (tertiary/aromatic N) is 4. The lowest BCUT2D eigenvalue weighted by Gasteiger charge is -2.53. The molecule has 2 saturated heterocycles. The molecule has 1 aliphatic carbocycles. The number of likely N-dealkylation sites (tertiary alicyclic amines) is 1. The summed E-state index contributed by atoms with van der Waals surface area (Å²) in [7, 11) is 0. The van der Waals surface area contributed by atoms with Gasteiger partial charge in [-0.3, -0.25) is 14.4 Å². The molecular weight excluding hydrogens is 710 g/mol. The number of alkyl halides is 6. The molecule has 1 atom stereocenters. The molecule has 2 aliphatic heterocycles. The summed E-state index contributed by atoms with van der Waals surface area (Å²) < 4.78 is 86.5. The molecule has 5 rings (SSSR count). The van der Waals surface area contributed by atoms with Crippen molar-refractivity contribution in [1.29, 1.82) is 0 Å². The molecule has 1 N–H and O–H groups in total. The van der Waals surface area contributed by atoms with Crippen LogP contribution in [0.15, 0.2) is 47.4 Å². The monoisotopic (exact) mass is 756 g/mol. The van der Waals surface area contributed by atoms with Gasteiger partial charge in [0.2, 0.25) is 5.91 Å². The van der Waals surface area contributed by atoms with Crippen molar-refractivity contribution in [1.82, 2.24) is 19.3 Å². The quantitative estimate of drug-likeness (QED) is 0.335. The van der Waals surface area contributed by atoms with Crippen LogP contribution in [0.5, 0.6) is 0 Å². The Morgan fingerprint density at radius 1 is 0.830 bits per heavy atom. The Hall–Kier alpha value is -4.08. The first-order chi connectivity index (χ1) is 24.6. The first kappa shape index (κ1) is 40.1. The van der Waals surface area contributed by atoms with Gasteiger partial charge < -0.3 is 29.1 Å². The number of piperidine rings is 1. The van der Waals surface area contributed by atoms with Crippen LogP contribution in [0, 0.1) is 11.3 Å². The van der Waals surface area contributed by atoms with Crippen LogP contribution in [0.2, 0.25) is 0 Å². The lowest BCUT2D eigenvalue weighted by atomic mass is 9.65. The van der Waals surface area contributed by atoms with E-state index in [1.54, 1.807) is 56.0 Å². The van der Waals surface area contributed by atoms with Gasteiger partial charge in [0.25, 0.3) is 11.5 Å². The summed E-state index contributed by atoms with van der Waals surface area (Å²) in [6.45, 7) is 5.17. The van der Waals surface area contributed by atoms with Crippen LogP contribution in [0.3, 0.4) is 0 Å². The topological polar surface area (TPSA) is 112 Å². The molecule has 0 radical (unpaired) electrons. The summed E-state index contributed by atoms with van der Waals surface area (Å²) in [5.74, 6) is -4.03. The molecule has 2 aromatic rings. The number of pyridine rings is 1. The molecule has 292 valence electrons. The second-order valence-corrected chi connectivity index (χ2v) is 15.6. The summed E-state index contributed by atoms with van der Waals surface area (Å²) in [5, 5.41) is 12.3. The van der Waals surface area contributed by atoms with Crippen LogP contribution in [-0.2, 0) is 16.1 Å². The molecule has 1 spiro atoms. The minimum Gasteiger partial charge on any atom is -0.444 e. The zero-order valence-corrected chi connectivity index (χ0v) is 30.1. The molecule has 3 fully saturated rings. The Kier molecular flexibility index (Phi) is 11.3.